The van der Waals surface area contributed by atoms with Gasteiger partial charge in [-0.15, -0.1) is 0 Å². The summed E-state index contributed by atoms with van der Waals surface area (Å²) in [4.78, 5) is 19.5. The first-order chi connectivity index (χ1) is 13.7. The van der Waals surface area contributed by atoms with E-state index in [1.165, 1.54) is 17.7 Å². The van der Waals surface area contributed by atoms with Gasteiger partial charge in [-0.25, -0.2) is 4.39 Å². The molecule has 0 spiro atoms. The monoisotopic (exact) mass is 374 g/mol. The van der Waals surface area contributed by atoms with E-state index in [2.05, 4.69) is 30.3 Å². The molecule has 1 atom stereocenters. The summed E-state index contributed by atoms with van der Waals surface area (Å²) in [6, 6.07) is 22.3. The zero-order valence-electron chi connectivity index (χ0n) is 15.7. The quantitative estimate of drug-likeness (QED) is 0.655. The third-order valence-corrected chi connectivity index (χ3v) is 5.27. The molecule has 0 unspecified atom stereocenters. The predicted octanol–water partition coefficient (Wildman–Crippen LogP) is 4.83. The Morgan fingerprint density at radius 1 is 1.00 bits per heavy atom. The van der Waals surface area contributed by atoms with Crippen LogP contribution in [0.15, 0.2) is 72.8 Å². The van der Waals surface area contributed by atoms with Gasteiger partial charge in [0, 0.05) is 42.4 Å². The Morgan fingerprint density at radius 2 is 1.79 bits per heavy atom. The molecule has 0 radical (unpaired) electrons. The van der Waals surface area contributed by atoms with Crippen LogP contribution in [0.5, 0.6) is 0 Å². The van der Waals surface area contributed by atoms with Gasteiger partial charge in [0.1, 0.15) is 5.82 Å². The van der Waals surface area contributed by atoms with Crippen LogP contribution in [-0.4, -0.2) is 28.9 Å². The van der Waals surface area contributed by atoms with Crippen LogP contribution >= 0.6 is 0 Å². The molecule has 4 rings (SSSR count). The first-order valence-corrected chi connectivity index (χ1v) is 9.73. The topological polar surface area (TPSA) is 33.2 Å². The number of carbonyl (C=O) groups excluding carboxylic acids is 1. The van der Waals surface area contributed by atoms with Crippen molar-refractivity contribution in [3.05, 3.63) is 101 Å². The number of likely N-dealkylation sites (tertiary alicyclic amines) is 1. The maximum absolute atomic E-state index is 13.1. The minimum Gasteiger partial charge on any atom is -0.338 e. The molecule has 28 heavy (non-hydrogen) atoms. The summed E-state index contributed by atoms with van der Waals surface area (Å²) in [5, 5.41) is 0. The molecule has 3 aromatic rings. The summed E-state index contributed by atoms with van der Waals surface area (Å²) in [6.45, 7) is 1.38. The molecule has 1 saturated heterocycles. The van der Waals surface area contributed by atoms with Gasteiger partial charge in [-0.1, -0.05) is 36.4 Å². The molecule has 1 aromatic heterocycles. The Labute approximate surface area is 164 Å². The molecule has 2 heterocycles. The van der Waals surface area contributed by atoms with Crippen LogP contribution in [-0.2, 0) is 6.42 Å². The summed E-state index contributed by atoms with van der Waals surface area (Å²) < 4.78 is 13.1. The van der Waals surface area contributed by atoms with E-state index in [0.717, 1.165) is 37.2 Å². The van der Waals surface area contributed by atoms with E-state index in [1.54, 1.807) is 12.1 Å². The second-order valence-electron chi connectivity index (χ2n) is 7.31. The molecule has 1 fully saturated rings. The molecule has 0 N–H and O–H groups in total. The molecule has 0 bridgehead atoms. The highest BCUT2D eigenvalue weighted by Gasteiger charge is 2.26. The van der Waals surface area contributed by atoms with Crippen molar-refractivity contribution in [1.29, 1.82) is 0 Å². The number of amides is 1. The fourth-order valence-electron chi connectivity index (χ4n) is 3.81. The average Bonchev–Trinajstić information content (AvgIpc) is 2.75. The van der Waals surface area contributed by atoms with Gasteiger partial charge in [0.15, 0.2) is 0 Å². The summed E-state index contributed by atoms with van der Waals surface area (Å²) in [5.41, 5.74) is 3.87. The second-order valence-corrected chi connectivity index (χ2v) is 7.31. The molecule has 1 amide bonds. The van der Waals surface area contributed by atoms with Crippen molar-refractivity contribution in [1.82, 2.24) is 9.88 Å². The van der Waals surface area contributed by atoms with Crippen LogP contribution in [0, 0.1) is 5.82 Å². The third kappa shape index (κ3) is 4.28. The van der Waals surface area contributed by atoms with Crippen molar-refractivity contribution in [3.63, 3.8) is 0 Å². The summed E-state index contributed by atoms with van der Waals surface area (Å²) >= 11 is 0. The average molecular weight is 374 g/mol. The van der Waals surface area contributed by atoms with Crippen LogP contribution in [0.1, 0.15) is 46.1 Å². The van der Waals surface area contributed by atoms with Gasteiger partial charge in [0.2, 0.25) is 0 Å². The number of benzene rings is 2. The van der Waals surface area contributed by atoms with Crippen molar-refractivity contribution in [2.24, 2.45) is 0 Å². The van der Waals surface area contributed by atoms with Gasteiger partial charge in [0.25, 0.3) is 5.91 Å². The normalized spacial score (nSPS) is 16.8. The molecular formula is C24H23FN2O. The standard InChI is InChI=1S/C24H23FN2O/c25-21-13-11-19(12-14-21)24(28)27-15-5-8-20(17-27)23-10-4-9-22(26-23)16-18-6-2-1-3-7-18/h1-4,6-7,9-14,20H,5,8,15-17H2/t20-/m1/s1. The number of hydrogen-bond donors (Lipinski definition) is 0. The lowest BCUT2D eigenvalue weighted by Crippen LogP contribution is -2.39. The minimum absolute atomic E-state index is 0.0369. The molecule has 0 aliphatic carbocycles. The molecule has 3 nitrogen and oxygen atoms in total. The Balaban J connectivity index is 1.48. The highest BCUT2D eigenvalue weighted by molar-refractivity contribution is 5.94. The molecular weight excluding hydrogens is 351 g/mol. The molecule has 2 aromatic carbocycles. The lowest BCUT2D eigenvalue weighted by atomic mass is 9.93. The summed E-state index contributed by atoms with van der Waals surface area (Å²) in [5.74, 6) is -0.133. The van der Waals surface area contributed by atoms with E-state index in [0.29, 0.717) is 12.1 Å². The van der Waals surface area contributed by atoms with E-state index in [9.17, 15) is 9.18 Å². The van der Waals surface area contributed by atoms with Crippen LogP contribution in [0.3, 0.4) is 0 Å². The lowest BCUT2D eigenvalue weighted by Gasteiger charge is -2.32. The van der Waals surface area contributed by atoms with Crippen LogP contribution in [0.25, 0.3) is 0 Å². The maximum Gasteiger partial charge on any atom is 0.253 e. The molecule has 1 aliphatic heterocycles. The van der Waals surface area contributed by atoms with E-state index < -0.39 is 0 Å². The van der Waals surface area contributed by atoms with Gasteiger partial charge in [-0.05, 0) is 54.8 Å². The van der Waals surface area contributed by atoms with E-state index in [4.69, 9.17) is 4.98 Å². The highest BCUT2D eigenvalue weighted by Crippen LogP contribution is 2.27. The number of carbonyl (C=O) groups is 1. The van der Waals surface area contributed by atoms with Crippen LogP contribution in [0.2, 0.25) is 0 Å². The smallest absolute Gasteiger partial charge is 0.253 e. The van der Waals surface area contributed by atoms with E-state index in [-0.39, 0.29) is 17.6 Å². The predicted molar refractivity (Wildman–Crippen MR) is 108 cm³/mol. The summed E-state index contributed by atoms with van der Waals surface area (Å²) in [7, 11) is 0. The highest BCUT2D eigenvalue weighted by atomic mass is 19.1. The van der Waals surface area contributed by atoms with Gasteiger partial charge in [-0.3, -0.25) is 9.78 Å². The van der Waals surface area contributed by atoms with Gasteiger partial charge >= 0.3 is 0 Å². The van der Waals surface area contributed by atoms with Crippen LogP contribution < -0.4 is 0 Å². The minimum atomic E-state index is -0.326. The Kier molecular flexibility index (Phi) is 5.47. The third-order valence-electron chi connectivity index (χ3n) is 5.27. The number of halogens is 1. The van der Waals surface area contributed by atoms with Gasteiger partial charge < -0.3 is 4.90 Å². The van der Waals surface area contributed by atoms with Crippen molar-refractivity contribution in [3.8, 4) is 0 Å². The lowest BCUT2D eigenvalue weighted by molar-refractivity contribution is 0.0706. The number of rotatable bonds is 4. The number of aromatic nitrogens is 1. The second kappa shape index (κ2) is 8.34. The maximum atomic E-state index is 13.1. The number of hydrogen-bond acceptors (Lipinski definition) is 2. The molecule has 4 heteroatoms. The number of nitrogens with zero attached hydrogens (tertiary/aromatic N) is 2. The zero-order chi connectivity index (χ0) is 19.3. The van der Waals surface area contributed by atoms with Crippen molar-refractivity contribution < 1.29 is 9.18 Å². The largest absolute Gasteiger partial charge is 0.338 e. The first kappa shape index (κ1) is 18.4. The molecule has 1 aliphatic rings. The summed E-state index contributed by atoms with van der Waals surface area (Å²) in [6.07, 6.45) is 2.77. The first-order valence-electron chi connectivity index (χ1n) is 9.73. The van der Waals surface area contributed by atoms with Crippen LogP contribution in [0.4, 0.5) is 4.39 Å². The van der Waals surface area contributed by atoms with Gasteiger partial charge in [0.05, 0.1) is 0 Å². The van der Waals surface area contributed by atoms with E-state index >= 15 is 0 Å². The van der Waals surface area contributed by atoms with Crippen molar-refractivity contribution in [2.45, 2.75) is 25.2 Å². The SMILES string of the molecule is O=C(c1ccc(F)cc1)N1CCC[C@@H](c2cccc(Cc3ccccc3)n2)C1. The Bertz CT molecular complexity index is 940. The number of pyridine rings is 1. The van der Waals surface area contributed by atoms with Gasteiger partial charge in [-0.2, -0.15) is 0 Å². The fraction of sp³-hybridized carbons (Fsp3) is 0.250. The fourth-order valence-corrected chi connectivity index (χ4v) is 3.81. The molecule has 0 saturated carbocycles. The van der Waals surface area contributed by atoms with E-state index in [1.807, 2.05) is 23.1 Å². The zero-order valence-corrected chi connectivity index (χ0v) is 15.7. The number of piperidine rings is 1. The Hall–Kier alpha value is -3.01. The Morgan fingerprint density at radius 3 is 2.57 bits per heavy atom. The van der Waals surface area contributed by atoms with Crippen molar-refractivity contribution >= 4 is 5.91 Å². The molecule has 142 valence electrons. The van der Waals surface area contributed by atoms with Crippen molar-refractivity contribution in [2.75, 3.05) is 13.1 Å².